The van der Waals surface area contributed by atoms with E-state index in [2.05, 4.69) is 29.4 Å². The molecule has 1 N–H and O–H groups in total. The summed E-state index contributed by atoms with van der Waals surface area (Å²) < 4.78 is 5.90. The molecule has 4 rings (SSSR count). The lowest BCUT2D eigenvalue weighted by Gasteiger charge is -2.11. The molecule has 0 fully saturated rings. The van der Waals surface area contributed by atoms with Crippen LogP contribution in [-0.2, 0) is 13.2 Å². The minimum absolute atomic E-state index is 0.146. The zero-order valence-electron chi connectivity index (χ0n) is 16.3. The second-order valence-electron chi connectivity index (χ2n) is 6.97. The SMILES string of the molecule is Cc1ccc(COc2cc(C(=O)NCc3ccccc3)c3ccccc3n2)cc1. The van der Waals surface area contributed by atoms with E-state index in [1.54, 1.807) is 6.07 Å². The number of amides is 1. The lowest BCUT2D eigenvalue weighted by Crippen LogP contribution is -2.23. The molecule has 0 aliphatic heterocycles. The van der Waals surface area contributed by atoms with E-state index in [0.29, 0.717) is 24.6 Å². The Morgan fingerprint density at radius 3 is 2.41 bits per heavy atom. The number of benzene rings is 3. The zero-order chi connectivity index (χ0) is 20.1. The van der Waals surface area contributed by atoms with E-state index in [1.807, 2.05) is 66.7 Å². The first-order valence-corrected chi connectivity index (χ1v) is 9.59. The summed E-state index contributed by atoms with van der Waals surface area (Å²) in [7, 11) is 0. The van der Waals surface area contributed by atoms with Gasteiger partial charge in [-0.1, -0.05) is 78.4 Å². The van der Waals surface area contributed by atoms with Crippen LogP contribution in [0.2, 0.25) is 0 Å². The van der Waals surface area contributed by atoms with E-state index < -0.39 is 0 Å². The van der Waals surface area contributed by atoms with Crippen molar-refractivity contribution in [1.29, 1.82) is 0 Å². The Morgan fingerprint density at radius 2 is 1.62 bits per heavy atom. The smallest absolute Gasteiger partial charge is 0.252 e. The van der Waals surface area contributed by atoms with Gasteiger partial charge in [-0.15, -0.1) is 0 Å². The second-order valence-corrected chi connectivity index (χ2v) is 6.97. The quantitative estimate of drug-likeness (QED) is 0.508. The van der Waals surface area contributed by atoms with Crippen molar-refractivity contribution in [2.75, 3.05) is 0 Å². The molecule has 4 nitrogen and oxygen atoms in total. The van der Waals surface area contributed by atoms with Gasteiger partial charge in [-0.3, -0.25) is 4.79 Å². The van der Waals surface area contributed by atoms with Crippen LogP contribution in [0.4, 0.5) is 0 Å². The maximum atomic E-state index is 12.9. The van der Waals surface area contributed by atoms with Crippen molar-refractivity contribution in [2.45, 2.75) is 20.1 Å². The summed E-state index contributed by atoms with van der Waals surface area (Å²) in [4.78, 5) is 17.5. The molecule has 4 heteroatoms. The third-order valence-electron chi connectivity index (χ3n) is 4.74. The molecule has 0 saturated carbocycles. The normalized spacial score (nSPS) is 10.7. The van der Waals surface area contributed by atoms with Gasteiger partial charge in [-0.2, -0.15) is 0 Å². The van der Waals surface area contributed by atoms with E-state index in [1.165, 1.54) is 5.56 Å². The fourth-order valence-electron chi connectivity index (χ4n) is 3.13. The number of nitrogens with zero attached hydrogens (tertiary/aromatic N) is 1. The fourth-order valence-corrected chi connectivity index (χ4v) is 3.13. The van der Waals surface area contributed by atoms with E-state index in [-0.39, 0.29) is 5.91 Å². The number of hydrogen-bond acceptors (Lipinski definition) is 3. The number of rotatable bonds is 6. The van der Waals surface area contributed by atoms with Crippen LogP contribution in [0.3, 0.4) is 0 Å². The topological polar surface area (TPSA) is 51.2 Å². The van der Waals surface area contributed by atoms with Gasteiger partial charge in [0.1, 0.15) is 6.61 Å². The Labute approximate surface area is 170 Å². The number of nitrogens with one attached hydrogen (secondary N) is 1. The molecule has 0 spiro atoms. The number of aromatic nitrogens is 1. The van der Waals surface area contributed by atoms with Gasteiger partial charge in [0.15, 0.2) is 0 Å². The molecule has 4 aromatic rings. The molecule has 0 radical (unpaired) electrons. The Kier molecular flexibility index (Phi) is 5.52. The van der Waals surface area contributed by atoms with Crippen molar-refractivity contribution >= 4 is 16.8 Å². The van der Waals surface area contributed by atoms with Crippen molar-refractivity contribution in [2.24, 2.45) is 0 Å². The fraction of sp³-hybridized carbons (Fsp3) is 0.120. The van der Waals surface area contributed by atoms with Gasteiger partial charge < -0.3 is 10.1 Å². The van der Waals surface area contributed by atoms with E-state index in [9.17, 15) is 4.79 Å². The lowest BCUT2D eigenvalue weighted by molar-refractivity contribution is 0.0952. The highest BCUT2D eigenvalue weighted by Gasteiger charge is 2.13. The standard InChI is InChI=1S/C25H22N2O2/c1-18-11-13-20(14-12-18)17-29-24-15-22(21-9-5-6-10-23(21)27-24)25(28)26-16-19-7-3-2-4-8-19/h2-15H,16-17H2,1H3,(H,26,28). The number of para-hydroxylation sites is 1. The molecule has 1 aromatic heterocycles. The number of carbonyl (C=O) groups is 1. The van der Waals surface area contributed by atoms with Crippen LogP contribution < -0.4 is 10.1 Å². The summed E-state index contributed by atoms with van der Waals surface area (Å²) >= 11 is 0. The number of fused-ring (bicyclic) bond motifs is 1. The molecule has 0 atom stereocenters. The van der Waals surface area contributed by atoms with E-state index >= 15 is 0 Å². The summed E-state index contributed by atoms with van der Waals surface area (Å²) in [5.74, 6) is 0.293. The van der Waals surface area contributed by atoms with Gasteiger partial charge in [0, 0.05) is 18.0 Å². The summed E-state index contributed by atoms with van der Waals surface area (Å²) in [6.45, 7) is 2.92. The minimum Gasteiger partial charge on any atom is -0.473 e. The molecule has 0 unspecified atom stereocenters. The van der Waals surface area contributed by atoms with Gasteiger partial charge in [-0.05, 0) is 24.1 Å². The van der Waals surface area contributed by atoms with Crippen LogP contribution in [-0.4, -0.2) is 10.9 Å². The highest BCUT2D eigenvalue weighted by atomic mass is 16.5. The molecule has 0 bridgehead atoms. The third-order valence-corrected chi connectivity index (χ3v) is 4.74. The highest BCUT2D eigenvalue weighted by molar-refractivity contribution is 6.06. The van der Waals surface area contributed by atoms with Gasteiger partial charge in [0.25, 0.3) is 5.91 Å². The second kappa shape index (κ2) is 8.57. The molecule has 0 aliphatic rings. The first-order valence-electron chi connectivity index (χ1n) is 9.59. The summed E-state index contributed by atoms with van der Waals surface area (Å²) in [6.07, 6.45) is 0. The maximum Gasteiger partial charge on any atom is 0.252 e. The van der Waals surface area contributed by atoms with Crippen LogP contribution in [0.15, 0.2) is 84.9 Å². The monoisotopic (exact) mass is 382 g/mol. The van der Waals surface area contributed by atoms with Gasteiger partial charge in [0.2, 0.25) is 5.88 Å². The van der Waals surface area contributed by atoms with Crippen LogP contribution in [0, 0.1) is 6.92 Å². The molecule has 29 heavy (non-hydrogen) atoms. The average molecular weight is 382 g/mol. The number of pyridine rings is 1. The summed E-state index contributed by atoms with van der Waals surface area (Å²) in [6, 6.07) is 27.3. The maximum absolute atomic E-state index is 12.9. The molecule has 0 saturated heterocycles. The molecular formula is C25H22N2O2. The van der Waals surface area contributed by atoms with Gasteiger partial charge in [0.05, 0.1) is 11.1 Å². The minimum atomic E-state index is -0.146. The predicted octanol–water partition coefficient (Wildman–Crippen LogP) is 5.05. The first kappa shape index (κ1) is 18.7. The highest BCUT2D eigenvalue weighted by Crippen LogP contribution is 2.23. The molecule has 1 heterocycles. The number of hydrogen-bond donors (Lipinski definition) is 1. The summed E-state index contributed by atoms with van der Waals surface area (Å²) in [5.41, 5.74) is 4.61. The molecular weight excluding hydrogens is 360 g/mol. The Hall–Kier alpha value is -3.66. The number of aryl methyl sites for hydroxylation is 1. The number of carbonyl (C=O) groups excluding carboxylic acids is 1. The lowest BCUT2D eigenvalue weighted by atomic mass is 10.1. The van der Waals surface area contributed by atoms with Gasteiger partial charge >= 0.3 is 0 Å². The van der Waals surface area contributed by atoms with Crippen LogP contribution in [0.25, 0.3) is 10.9 Å². The average Bonchev–Trinajstić information content (AvgIpc) is 2.77. The zero-order valence-corrected chi connectivity index (χ0v) is 16.3. The first-order chi connectivity index (χ1) is 14.2. The largest absolute Gasteiger partial charge is 0.473 e. The Morgan fingerprint density at radius 1 is 0.897 bits per heavy atom. The van der Waals surface area contributed by atoms with Crippen molar-refractivity contribution in [3.8, 4) is 5.88 Å². The molecule has 1 amide bonds. The van der Waals surface area contributed by atoms with Crippen LogP contribution >= 0.6 is 0 Å². The van der Waals surface area contributed by atoms with Crippen molar-refractivity contribution < 1.29 is 9.53 Å². The van der Waals surface area contributed by atoms with E-state index in [0.717, 1.165) is 22.0 Å². The molecule has 0 aliphatic carbocycles. The predicted molar refractivity (Wildman–Crippen MR) is 115 cm³/mol. The van der Waals surface area contributed by atoms with Crippen LogP contribution in [0.1, 0.15) is 27.0 Å². The van der Waals surface area contributed by atoms with Crippen molar-refractivity contribution in [3.63, 3.8) is 0 Å². The van der Waals surface area contributed by atoms with Gasteiger partial charge in [-0.25, -0.2) is 4.98 Å². The summed E-state index contributed by atoms with van der Waals surface area (Å²) in [5, 5.41) is 3.80. The van der Waals surface area contributed by atoms with E-state index in [4.69, 9.17) is 4.74 Å². The Bertz CT molecular complexity index is 1120. The third kappa shape index (κ3) is 4.61. The van der Waals surface area contributed by atoms with Crippen molar-refractivity contribution in [3.05, 3.63) is 107 Å². The molecule has 3 aromatic carbocycles. The Balaban J connectivity index is 1.56. The van der Waals surface area contributed by atoms with Crippen molar-refractivity contribution in [1.82, 2.24) is 10.3 Å². The molecule has 144 valence electrons. The number of ether oxygens (including phenoxy) is 1. The van der Waals surface area contributed by atoms with Crippen LogP contribution in [0.5, 0.6) is 5.88 Å².